The van der Waals surface area contributed by atoms with Crippen molar-refractivity contribution in [2.75, 3.05) is 35.5 Å². The number of anilines is 3. The van der Waals surface area contributed by atoms with Crippen LogP contribution in [0.5, 0.6) is 0 Å². The minimum atomic E-state index is -3.45. The van der Waals surface area contributed by atoms with E-state index in [-0.39, 0.29) is 30.4 Å². The van der Waals surface area contributed by atoms with Gasteiger partial charge in [0.15, 0.2) is 5.82 Å². The molecule has 0 aromatic carbocycles. The maximum absolute atomic E-state index is 12.2. The summed E-state index contributed by atoms with van der Waals surface area (Å²) in [6.45, 7) is 0.542. The van der Waals surface area contributed by atoms with Gasteiger partial charge in [-0.1, -0.05) is 11.6 Å². The molecule has 3 N–H and O–H groups in total. The summed E-state index contributed by atoms with van der Waals surface area (Å²) < 4.78 is 40.4. The van der Waals surface area contributed by atoms with Gasteiger partial charge in [0.1, 0.15) is 17.2 Å². The Labute approximate surface area is 189 Å². The van der Waals surface area contributed by atoms with E-state index in [1.165, 1.54) is 6.20 Å². The van der Waals surface area contributed by atoms with Gasteiger partial charge in [0.25, 0.3) is 0 Å². The molecule has 2 fully saturated rings. The number of halogens is 2. The largest absolute Gasteiger partial charge is 0.371 e. The highest BCUT2D eigenvalue weighted by atomic mass is 35.5. The Morgan fingerprint density at radius 3 is 2.68 bits per heavy atom. The monoisotopic (exact) mass is 491 g/mol. The van der Waals surface area contributed by atoms with E-state index in [0.29, 0.717) is 29.8 Å². The second-order valence-corrected chi connectivity index (χ2v) is 10.0. The number of hydrogen-bond acceptors (Lipinski definition) is 9. The first-order chi connectivity index (χ1) is 14.8. The number of aromatic nitrogens is 4. The summed E-state index contributed by atoms with van der Waals surface area (Å²) in [6, 6.07) is -0.707. The van der Waals surface area contributed by atoms with Gasteiger partial charge in [-0.3, -0.25) is 4.68 Å². The van der Waals surface area contributed by atoms with Gasteiger partial charge in [0.2, 0.25) is 16.0 Å². The highest BCUT2D eigenvalue weighted by Crippen LogP contribution is 2.31. The van der Waals surface area contributed by atoms with Crippen molar-refractivity contribution in [2.24, 2.45) is 7.05 Å². The van der Waals surface area contributed by atoms with Crippen LogP contribution in [0.15, 0.2) is 18.6 Å². The van der Waals surface area contributed by atoms with Gasteiger partial charge in [0.05, 0.1) is 49.1 Å². The number of ether oxygens (including phenoxy) is 2. The first-order valence-corrected chi connectivity index (χ1v) is 12.2. The molecule has 4 atom stereocenters. The molecule has 2 saturated heterocycles. The fourth-order valence-electron chi connectivity index (χ4n) is 3.58. The number of aryl methyl sites for hydroxylation is 1. The van der Waals surface area contributed by atoms with Crippen LogP contribution in [-0.4, -0.2) is 77.3 Å². The van der Waals surface area contributed by atoms with E-state index in [4.69, 9.17) is 32.7 Å². The number of fused-ring (bicyclic) bond motifs is 1. The fourth-order valence-corrected chi connectivity index (χ4v) is 5.32. The van der Waals surface area contributed by atoms with Crippen molar-refractivity contribution >= 4 is 50.7 Å². The van der Waals surface area contributed by atoms with Gasteiger partial charge in [-0.05, 0) is 6.42 Å². The molecule has 0 saturated carbocycles. The van der Waals surface area contributed by atoms with Crippen LogP contribution in [0, 0.1) is 0 Å². The van der Waals surface area contributed by atoms with E-state index in [0.717, 1.165) is 5.69 Å². The van der Waals surface area contributed by atoms with Crippen LogP contribution in [0.1, 0.15) is 6.42 Å². The van der Waals surface area contributed by atoms with Crippen molar-refractivity contribution < 1.29 is 17.9 Å². The fraction of sp³-hybridized carbons (Fsp3) is 0.588. The van der Waals surface area contributed by atoms with E-state index in [2.05, 4.69) is 30.4 Å². The standard InChI is InChI=1S/C17H23Cl2N7O4S/c1-26-7-10(5-21-26)22-17-20-6-11(19)16(24-17)23-12-8-29-15-13(9-30-14(12)15)25-31(27,28)4-2-3-18/h5-7,12-15,25H,2-4,8-9H2,1H3,(H2,20,22,23,24)/t12-,13+,14?,15?/m1/s1. The lowest BCUT2D eigenvalue weighted by Crippen LogP contribution is -2.45. The Kier molecular flexibility index (Phi) is 6.84. The number of hydrogen-bond donors (Lipinski definition) is 3. The zero-order valence-electron chi connectivity index (χ0n) is 16.7. The Morgan fingerprint density at radius 1 is 1.23 bits per heavy atom. The minimum absolute atomic E-state index is 0.0324. The van der Waals surface area contributed by atoms with E-state index in [1.807, 2.05) is 7.05 Å². The molecule has 4 heterocycles. The molecule has 2 aliphatic heterocycles. The molecular formula is C17H23Cl2N7O4S. The molecule has 0 amide bonds. The molecular weight excluding hydrogens is 469 g/mol. The predicted octanol–water partition coefficient (Wildman–Crippen LogP) is 1.10. The van der Waals surface area contributed by atoms with Gasteiger partial charge in [0, 0.05) is 19.1 Å². The lowest BCUT2D eigenvalue weighted by Gasteiger charge is -2.19. The van der Waals surface area contributed by atoms with E-state index >= 15 is 0 Å². The summed E-state index contributed by atoms with van der Waals surface area (Å²) in [4.78, 5) is 8.61. The van der Waals surface area contributed by atoms with Crippen molar-refractivity contribution in [1.82, 2.24) is 24.5 Å². The van der Waals surface area contributed by atoms with Gasteiger partial charge in [-0.2, -0.15) is 10.1 Å². The third-order valence-electron chi connectivity index (χ3n) is 4.96. The first-order valence-electron chi connectivity index (χ1n) is 9.68. The van der Waals surface area contributed by atoms with Gasteiger partial charge in [-0.15, -0.1) is 11.6 Å². The van der Waals surface area contributed by atoms with Crippen LogP contribution in [0.4, 0.5) is 17.5 Å². The van der Waals surface area contributed by atoms with Crippen molar-refractivity contribution in [3.8, 4) is 0 Å². The summed E-state index contributed by atoms with van der Waals surface area (Å²) >= 11 is 11.9. The highest BCUT2D eigenvalue weighted by Gasteiger charge is 2.49. The number of nitrogens with one attached hydrogen (secondary N) is 3. The second kappa shape index (κ2) is 9.43. The van der Waals surface area contributed by atoms with Crippen LogP contribution < -0.4 is 15.4 Å². The molecule has 2 unspecified atom stereocenters. The summed E-state index contributed by atoms with van der Waals surface area (Å²) in [5.74, 6) is 1.03. The Hall–Kier alpha value is -1.70. The van der Waals surface area contributed by atoms with Crippen LogP contribution >= 0.6 is 23.2 Å². The van der Waals surface area contributed by atoms with Crippen molar-refractivity contribution in [3.63, 3.8) is 0 Å². The number of nitrogens with zero attached hydrogens (tertiary/aromatic N) is 4. The highest BCUT2D eigenvalue weighted by molar-refractivity contribution is 7.89. The van der Waals surface area contributed by atoms with Crippen molar-refractivity contribution in [1.29, 1.82) is 0 Å². The molecule has 2 aromatic heterocycles. The molecule has 170 valence electrons. The lowest BCUT2D eigenvalue weighted by molar-refractivity contribution is 0.0690. The molecule has 31 heavy (non-hydrogen) atoms. The summed E-state index contributed by atoms with van der Waals surface area (Å²) in [5.41, 5.74) is 0.739. The quantitative estimate of drug-likeness (QED) is 0.440. The second-order valence-electron chi connectivity index (χ2n) is 7.35. The molecule has 14 heteroatoms. The third kappa shape index (κ3) is 5.38. The predicted molar refractivity (Wildman–Crippen MR) is 116 cm³/mol. The van der Waals surface area contributed by atoms with Gasteiger partial charge >= 0.3 is 0 Å². The zero-order chi connectivity index (χ0) is 22.0. The lowest BCUT2D eigenvalue weighted by atomic mass is 10.1. The number of rotatable bonds is 9. The van der Waals surface area contributed by atoms with E-state index in [9.17, 15) is 8.42 Å². The Bertz CT molecular complexity index is 1020. The van der Waals surface area contributed by atoms with Crippen LogP contribution in [0.2, 0.25) is 5.02 Å². The summed E-state index contributed by atoms with van der Waals surface area (Å²) in [7, 11) is -1.64. The molecule has 0 radical (unpaired) electrons. The molecule has 0 aliphatic carbocycles. The maximum atomic E-state index is 12.2. The zero-order valence-corrected chi connectivity index (χ0v) is 19.0. The van der Waals surface area contributed by atoms with Crippen molar-refractivity contribution in [2.45, 2.75) is 30.7 Å². The summed E-state index contributed by atoms with van der Waals surface area (Å²) in [6.07, 6.45) is 4.57. The van der Waals surface area contributed by atoms with E-state index < -0.39 is 22.2 Å². The van der Waals surface area contributed by atoms with Gasteiger partial charge in [-0.25, -0.2) is 18.1 Å². The normalized spacial score (nSPS) is 25.5. The van der Waals surface area contributed by atoms with Crippen LogP contribution in [0.25, 0.3) is 0 Å². The smallest absolute Gasteiger partial charge is 0.229 e. The SMILES string of the molecule is Cn1cc(Nc2ncc(Cl)c(N[C@@H]3COC4C3OC[C@@H]4NS(=O)(=O)CCCCl)n2)cn1. The first kappa shape index (κ1) is 22.5. The van der Waals surface area contributed by atoms with Crippen LogP contribution in [-0.2, 0) is 26.5 Å². The minimum Gasteiger partial charge on any atom is -0.371 e. The number of alkyl halides is 1. The molecule has 4 rings (SSSR count). The molecule has 0 spiro atoms. The summed E-state index contributed by atoms with van der Waals surface area (Å²) in [5, 5.41) is 10.7. The van der Waals surface area contributed by atoms with Crippen molar-refractivity contribution in [3.05, 3.63) is 23.6 Å². The Morgan fingerprint density at radius 2 is 1.97 bits per heavy atom. The third-order valence-corrected chi connectivity index (χ3v) is 6.99. The average Bonchev–Trinajstić information content (AvgIpc) is 3.42. The van der Waals surface area contributed by atoms with Crippen LogP contribution in [0.3, 0.4) is 0 Å². The maximum Gasteiger partial charge on any atom is 0.229 e. The molecule has 11 nitrogen and oxygen atoms in total. The average molecular weight is 492 g/mol. The Balaban J connectivity index is 1.40. The molecule has 2 aliphatic rings. The van der Waals surface area contributed by atoms with E-state index in [1.54, 1.807) is 17.1 Å². The molecule has 0 bridgehead atoms. The topological polar surface area (TPSA) is 132 Å². The molecule has 2 aromatic rings. The number of sulfonamides is 1. The van der Waals surface area contributed by atoms with Gasteiger partial charge < -0.3 is 20.1 Å².